The van der Waals surface area contributed by atoms with Crippen molar-refractivity contribution in [2.24, 2.45) is 0 Å². The number of nitrogens with one attached hydrogen (secondary N) is 1. The van der Waals surface area contributed by atoms with Gasteiger partial charge in [-0.25, -0.2) is 0 Å². The molecule has 1 aliphatic rings. The van der Waals surface area contributed by atoms with E-state index in [9.17, 15) is 5.11 Å². The summed E-state index contributed by atoms with van der Waals surface area (Å²) in [5, 5.41) is 12.8. The van der Waals surface area contributed by atoms with Crippen molar-refractivity contribution in [3.63, 3.8) is 0 Å². The van der Waals surface area contributed by atoms with Crippen molar-refractivity contribution in [3.8, 4) is 0 Å². The van der Waals surface area contributed by atoms with Crippen LogP contribution < -0.4 is 5.32 Å². The first-order chi connectivity index (χ1) is 9.31. The molecule has 1 fully saturated rings. The Balaban J connectivity index is 1.70. The minimum Gasteiger partial charge on any atom is -0.395 e. The molecule has 1 saturated heterocycles. The number of benzene rings is 1. The Bertz CT molecular complexity index is 351. The molecule has 0 amide bonds. The molecule has 0 aromatic heterocycles. The molecule has 1 aliphatic heterocycles. The first-order valence-electron chi connectivity index (χ1n) is 7.45. The molecule has 19 heavy (non-hydrogen) atoms. The van der Waals surface area contributed by atoms with Crippen molar-refractivity contribution in [1.82, 2.24) is 10.2 Å². The van der Waals surface area contributed by atoms with Crippen molar-refractivity contribution in [3.05, 3.63) is 35.9 Å². The number of aliphatic hydroxyl groups excluding tert-OH is 1. The summed E-state index contributed by atoms with van der Waals surface area (Å²) in [5.41, 5.74) is 1.42. The molecule has 1 unspecified atom stereocenters. The van der Waals surface area contributed by atoms with E-state index in [1.807, 2.05) is 0 Å². The normalized spacial score (nSPS) is 21.7. The molecule has 2 rings (SSSR count). The molecule has 2 atom stereocenters. The summed E-state index contributed by atoms with van der Waals surface area (Å²) in [7, 11) is 0. The van der Waals surface area contributed by atoms with Gasteiger partial charge in [-0.3, -0.25) is 0 Å². The molecule has 0 radical (unpaired) electrons. The molecule has 2 N–H and O–H groups in total. The Hall–Kier alpha value is -0.900. The molecule has 106 valence electrons. The van der Waals surface area contributed by atoms with Crippen LogP contribution in [0.3, 0.4) is 0 Å². The monoisotopic (exact) mass is 262 g/mol. The van der Waals surface area contributed by atoms with E-state index in [4.69, 9.17) is 0 Å². The van der Waals surface area contributed by atoms with Crippen LogP contribution in [0, 0.1) is 0 Å². The highest BCUT2D eigenvalue weighted by Gasteiger charge is 2.23. The van der Waals surface area contributed by atoms with Crippen LogP contribution in [0.25, 0.3) is 0 Å². The fourth-order valence-electron chi connectivity index (χ4n) is 2.74. The maximum absolute atomic E-state index is 9.23. The standard InChI is InChI=1S/C16H26N2O/c1-2-15(13-19)17-16-9-11-18(12-16)10-8-14-6-4-3-5-7-14/h3-7,15-17,19H,2,8-13H2,1H3/t15-,16?/m1/s1. The van der Waals surface area contributed by atoms with Crippen LogP contribution in [0.1, 0.15) is 25.3 Å². The number of aliphatic hydroxyl groups is 1. The third kappa shape index (κ3) is 4.60. The lowest BCUT2D eigenvalue weighted by atomic mass is 10.1. The Morgan fingerprint density at radius 1 is 1.37 bits per heavy atom. The van der Waals surface area contributed by atoms with E-state index in [0.717, 1.165) is 25.9 Å². The molecule has 1 heterocycles. The zero-order chi connectivity index (χ0) is 13.5. The maximum Gasteiger partial charge on any atom is 0.0584 e. The fraction of sp³-hybridized carbons (Fsp3) is 0.625. The van der Waals surface area contributed by atoms with E-state index < -0.39 is 0 Å². The van der Waals surface area contributed by atoms with Crippen LogP contribution in [0.4, 0.5) is 0 Å². The van der Waals surface area contributed by atoms with Gasteiger partial charge in [-0.2, -0.15) is 0 Å². The van der Waals surface area contributed by atoms with Gasteiger partial charge in [0.25, 0.3) is 0 Å². The quantitative estimate of drug-likeness (QED) is 0.784. The largest absolute Gasteiger partial charge is 0.395 e. The van der Waals surface area contributed by atoms with Crippen LogP contribution in [-0.2, 0) is 6.42 Å². The summed E-state index contributed by atoms with van der Waals surface area (Å²) in [6, 6.07) is 11.5. The Labute approximate surface area is 116 Å². The van der Waals surface area contributed by atoms with Crippen molar-refractivity contribution >= 4 is 0 Å². The highest BCUT2D eigenvalue weighted by Crippen LogP contribution is 2.11. The minimum absolute atomic E-state index is 0.247. The van der Waals surface area contributed by atoms with E-state index in [-0.39, 0.29) is 12.6 Å². The highest BCUT2D eigenvalue weighted by atomic mass is 16.3. The van der Waals surface area contributed by atoms with E-state index in [2.05, 4.69) is 47.5 Å². The number of nitrogens with zero attached hydrogens (tertiary/aromatic N) is 1. The lowest BCUT2D eigenvalue weighted by molar-refractivity contribution is 0.225. The molecule has 3 nitrogen and oxygen atoms in total. The summed E-state index contributed by atoms with van der Waals surface area (Å²) in [6.07, 6.45) is 3.33. The molecule has 0 bridgehead atoms. The van der Waals surface area contributed by atoms with Gasteiger partial charge in [0.05, 0.1) is 6.61 Å². The lowest BCUT2D eigenvalue weighted by Gasteiger charge is -2.21. The van der Waals surface area contributed by atoms with Crippen molar-refractivity contribution in [2.75, 3.05) is 26.2 Å². The molecule has 0 aliphatic carbocycles. The van der Waals surface area contributed by atoms with Crippen LogP contribution >= 0.6 is 0 Å². The Morgan fingerprint density at radius 2 is 2.16 bits per heavy atom. The molecular formula is C16H26N2O. The molecule has 1 aromatic carbocycles. The Morgan fingerprint density at radius 3 is 2.84 bits per heavy atom. The van der Waals surface area contributed by atoms with Gasteiger partial charge in [-0.05, 0) is 31.4 Å². The van der Waals surface area contributed by atoms with Gasteiger partial charge >= 0.3 is 0 Å². The topological polar surface area (TPSA) is 35.5 Å². The molecule has 0 saturated carbocycles. The Kier molecular flexibility index (Phi) is 5.83. The average Bonchev–Trinajstić information content (AvgIpc) is 2.91. The van der Waals surface area contributed by atoms with Gasteiger partial charge in [0.2, 0.25) is 0 Å². The average molecular weight is 262 g/mol. The summed E-state index contributed by atoms with van der Waals surface area (Å²) in [6.45, 7) is 5.79. The zero-order valence-electron chi connectivity index (χ0n) is 11.9. The zero-order valence-corrected chi connectivity index (χ0v) is 11.9. The fourth-order valence-corrected chi connectivity index (χ4v) is 2.74. The second-order valence-electron chi connectivity index (χ2n) is 5.48. The van der Waals surface area contributed by atoms with Crippen molar-refractivity contribution in [2.45, 2.75) is 38.3 Å². The van der Waals surface area contributed by atoms with Crippen molar-refractivity contribution < 1.29 is 5.11 Å². The molecule has 1 aromatic rings. The second kappa shape index (κ2) is 7.63. The third-order valence-electron chi connectivity index (χ3n) is 4.02. The predicted octanol–water partition coefficient (Wildman–Crippen LogP) is 1.66. The van der Waals surface area contributed by atoms with Crippen LogP contribution in [0.5, 0.6) is 0 Å². The maximum atomic E-state index is 9.23. The van der Waals surface area contributed by atoms with Crippen molar-refractivity contribution in [1.29, 1.82) is 0 Å². The van der Waals surface area contributed by atoms with E-state index >= 15 is 0 Å². The lowest BCUT2D eigenvalue weighted by Crippen LogP contribution is -2.41. The van der Waals surface area contributed by atoms with Gasteiger partial charge in [-0.1, -0.05) is 37.3 Å². The first-order valence-corrected chi connectivity index (χ1v) is 7.45. The third-order valence-corrected chi connectivity index (χ3v) is 4.02. The van der Waals surface area contributed by atoms with E-state index in [0.29, 0.717) is 6.04 Å². The first kappa shape index (κ1) is 14.5. The van der Waals surface area contributed by atoms with Gasteiger partial charge in [0, 0.05) is 25.2 Å². The smallest absolute Gasteiger partial charge is 0.0584 e. The van der Waals surface area contributed by atoms with Crippen LogP contribution in [-0.4, -0.2) is 48.3 Å². The van der Waals surface area contributed by atoms with Gasteiger partial charge < -0.3 is 15.3 Å². The summed E-state index contributed by atoms with van der Waals surface area (Å²) >= 11 is 0. The van der Waals surface area contributed by atoms with Crippen LogP contribution in [0.2, 0.25) is 0 Å². The predicted molar refractivity (Wildman–Crippen MR) is 79.3 cm³/mol. The molecule has 3 heteroatoms. The number of rotatable bonds is 7. The van der Waals surface area contributed by atoms with Gasteiger partial charge in [-0.15, -0.1) is 0 Å². The van der Waals surface area contributed by atoms with E-state index in [1.54, 1.807) is 0 Å². The summed E-state index contributed by atoms with van der Waals surface area (Å²) in [5.74, 6) is 0. The van der Waals surface area contributed by atoms with Gasteiger partial charge in [0.15, 0.2) is 0 Å². The second-order valence-corrected chi connectivity index (χ2v) is 5.48. The summed E-state index contributed by atoms with van der Waals surface area (Å²) in [4.78, 5) is 2.52. The molecular weight excluding hydrogens is 236 g/mol. The van der Waals surface area contributed by atoms with E-state index in [1.165, 1.54) is 18.5 Å². The number of likely N-dealkylation sites (tertiary alicyclic amines) is 1. The minimum atomic E-state index is 0.247. The molecule has 0 spiro atoms. The summed E-state index contributed by atoms with van der Waals surface area (Å²) < 4.78 is 0. The highest BCUT2D eigenvalue weighted by molar-refractivity contribution is 5.14. The number of hydrogen-bond acceptors (Lipinski definition) is 3. The van der Waals surface area contributed by atoms with Gasteiger partial charge in [0.1, 0.15) is 0 Å². The number of hydrogen-bond donors (Lipinski definition) is 2. The van der Waals surface area contributed by atoms with Crippen LogP contribution in [0.15, 0.2) is 30.3 Å². The SMILES string of the molecule is CC[C@H](CO)NC1CCN(CCc2ccccc2)C1.